The molecule has 1 amide bonds. The van der Waals surface area contributed by atoms with Gasteiger partial charge < -0.3 is 4.90 Å². The number of rotatable bonds is 2. The van der Waals surface area contributed by atoms with Crippen molar-refractivity contribution in [3.8, 4) is 0 Å². The molecule has 0 spiro atoms. The summed E-state index contributed by atoms with van der Waals surface area (Å²) in [6.07, 6.45) is 0.999. The number of nitrogens with one attached hydrogen (secondary N) is 1. The van der Waals surface area contributed by atoms with Gasteiger partial charge in [0, 0.05) is 6.04 Å². The molecule has 0 radical (unpaired) electrons. The van der Waals surface area contributed by atoms with Crippen molar-refractivity contribution in [1.82, 2.24) is 10.2 Å². The summed E-state index contributed by atoms with van der Waals surface area (Å²) in [4.78, 5) is 14.7. The van der Waals surface area contributed by atoms with Crippen LogP contribution < -0.4 is 5.32 Å². The highest BCUT2D eigenvalue weighted by Gasteiger charge is 2.70. The first-order valence-electron chi connectivity index (χ1n) is 6.70. The van der Waals surface area contributed by atoms with Crippen LogP contribution in [0.4, 0.5) is 0 Å². The summed E-state index contributed by atoms with van der Waals surface area (Å²) in [6.45, 7) is 15.2. The first kappa shape index (κ1) is 12.9. The van der Waals surface area contributed by atoms with Crippen LogP contribution in [0, 0.1) is 10.8 Å². The Morgan fingerprint density at radius 2 is 1.65 bits per heavy atom. The normalized spacial score (nSPS) is 39.8. The molecule has 0 aromatic rings. The second-order valence-corrected chi connectivity index (χ2v) is 7.06. The minimum absolute atomic E-state index is 0.151. The molecule has 1 heterocycles. The lowest BCUT2D eigenvalue weighted by molar-refractivity contribution is -0.134. The van der Waals surface area contributed by atoms with Crippen molar-refractivity contribution in [2.45, 2.75) is 72.6 Å². The number of nitrogens with zero attached hydrogens (tertiary/aromatic N) is 1. The van der Waals surface area contributed by atoms with Crippen LogP contribution in [0.3, 0.4) is 0 Å². The fourth-order valence-corrected chi connectivity index (χ4v) is 3.50. The molecule has 1 saturated heterocycles. The molecule has 0 aromatic carbocycles. The van der Waals surface area contributed by atoms with Crippen molar-refractivity contribution in [1.29, 1.82) is 0 Å². The zero-order chi connectivity index (χ0) is 13.2. The average Bonchev–Trinajstić information content (AvgIpc) is 2.47. The van der Waals surface area contributed by atoms with Crippen molar-refractivity contribution in [2.24, 2.45) is 10.8 Å². The van der Waals surface area contributed by atoms with Crippen LogP contribution in [-0.4, -0.2) is 28.6 Å². The third kappa shape index (κ3) is 1.41. The van der Waals surface area contributed by atoms with Crippen LogP contribution in [0.5, 0.6) is 0 Å². The maximum Gasteiger partial charge on any atom is 0.244 e. The molecule has 2 unspecified atom stereocenters. The molecule has 17 heavy (non-hydrogen) atoms. The molecule has 1 aliphatic heterocycles. The number of hydrogen-bond donors (Lipinski definition) is 1. The van der Waals surface area contributed by atoms with E-state index in [1.54, 1.807) is 0 Å². The lowest BCUT2D eigenvalue weighted by atomic mass is 9.99. The first-order valence-corrected chi connectivity index (χ1v) is 6.70. The summed E-state index contributed by atoms with van der Waals surface area (Å²) in [5.74, 6) is 0.274. The number of hydrogen-bond acceptors (Lipinski definition) is 2. The molecule has 2 fully saturated rings. The number of carbonyl (C=O) groups is 1. The van der Waals surface area contributed by atoms with E-state index in [0.717, 1.165) is 6.42 Å². The van der Waals surface area contributed by atoms with Crippen LogP contribution in [0.25, 0.3) is 0 Å². The Balaban J connectivity index is 2.28. The van der Waals surface area contributed by atoms with Gasteiger partial charge in [-0.1, -0.05) is 34.6 Å². The van der Waals surface area contributed by atoms with Crippen LogP contribution in [0.15, 0.2) is 0 Å². The third-order valence-electron chi connectivity index (χ3n) is 5.58. The topological polar surface area (TPSA) is 32.3 Å². The van der Waals surface area contributed by atoms with Crippen LogP contribution >= 0.6 is 0 Å². The molecule has 3 heteroatoms. The molecule has 0 aromatic heterocycles. The second-order valence-electron chi connectivity index (χ2n) is 7.06. The minimum Gasteiger partial charge on any atom is -0.322 e. The maximum absolute atomic E-state index is 12.6. The van der Waals surface area contributed by atoms with Gasteiger partial charge in [0.05, 0.1) is 11.7 Å². The highest BCUT2D eigenvalue weighted by Crippen LogP contribution is 2.66. The van der Waals surface area contributed by atoms with Crippen molar-refractivity contribution in [2.75, 3.05) is 0 Å². The highest BCUT2D eigenvalue weighted by molar-refractivity contribution is 5.89. The number of amides is 1. The van der Waals surface area contributed by atoms with Gasteiger partial charge in [-0.25, -0.2) is 0 Å². The molecule has 1 aliphatic carbocycles. The van der Waals surface area contributed by atoms with Crippen molar-refractivity contribution in [3.05, 3.63) is 0 Å². The monoisotopic (exact) mass is 238 g/mol. The van der Waals surface area contributed by atoms with Gasteiger partial charge in [0.25, 0.3) is 0 Å². The van der Waals surface area contributed by atoms with Gasteiger partial charge in [0.2, 0.25) is 5.91 Å². The Hall–Kier alpha value is -0.570. The van der Waals surface area contributed by atoms with Crippen molar-refractivity contribution in [3.63, 3.8) is 0 Å². The summed E-state index contributed by atoms with van der Waals surface area (Å²) in [7, 11) is 0. The summed E-state index contributed by atoms with van der Waals surface area (Å²) < 4.78 is 0. The van der Waals surface area contributed by atoms with Gasteiger partial charge in [-0.2, -0.15) is 0 Å². The van der Waals surface area contributed by atoms with E-state index in [1.807, 2.05) is 6.92 Å². The van der Waals surface area contributed by atoms with E-state index in [1.165, 1.54) is 0 Å². The van der Waals surface area contributed by atoms with E-state index >= 15 is 0 Å². The van der Waals surface area contributed by atoms with E-state index in [4.69, 9.17) is 0 Å². The summed E-state index contributed by atoms with van der Waals surface area (Å²) >= 11 is 0. The van der Waals surface area contributed by atoms with Crippen molar-refractivity contribution >= 4 is 5.91 Å². The quantitative estimate of drug-likeness (QED) is 0.801. The van der Waals surface area contributed by atoms with E-state index in [0.29, 0.717) is 6.04 Å². The number of carbonyl (C=O) groups excluding carboxylic acids is 1. The predicted octanol–water partition coefficient (Wildman–Crippen LogP) is 2.37. The average molecular weight is 238 g/mol. The summed E-state index contributed by atoms with van der Waals surface area (Å²) in [6, 6.07) is 0.360. The largest absolute Gasteiger partial charge is 0.322 e. The third-order valence-corrected chi connectivity index (χ3v) is 5.58. The van der Waals surface area contributed by atoms with Gasteiger partial charge in [0.1, 0.15) is 0 Å². The molecule has 2 atom stereocenters. The molecule has 1 N–H and O–H groups in total. The lowest BCUT2D eigenvalue weighted by Crippen LogP contribution is -2.43. The summed E-state index contributed by atoms with van der Waals surface area (Å²) in [5, 5.41) is 3.45. The predicted molar refractivity (Wildman–Crippen MR) is 69.5 cm³/mol. The Morgan fingerprint density at radius 1 is 1.18 bits per heavy atom. The minimum atomic E-state index is -0.367. The standard InChI is InChI=1S/C14H26N2O/c1-8-14(7)11(17)16(9(2)15-14)10-12(3,4)13(10,5)6/h9-10,15H,8H2,1-7H3. The van der Waals surface area contributed by atoms with E-state index < -0.39 is 0 Å². The molecule has 0 bridgehead atoms. The van der Waals surface area contributed by atoms with Crippen LogP contribution in [0.1, 0.15) is 54.9 Å². The molecule has 2 aliphatic rings. The molecular formula is C14H26N2O. The van der Waals surface area contributed by atoms with Gasteiger partial charge >= 0.3 is 0 Å². The molecular weight excluding hydrogens is 212 g/mol. The van der Waals surface area contributed by atoms with Gasteiger partial charge in [-0.15, -0.1) is 0 Å². The fourth-order valence-electron chi connectivity index (χ4n) is 3.50. The smallest absolute Gasteiger partial charge is 0.244 e. The molecule has 98 valence electrons. The Morgan fingerprint density at radius 3 is 1.94 bits per heavy atom. The van der Waals surface area contributed by atoms with E-state index in [9.17, 15) is 4.79 Å². The fraction of sp³-hybridized carbons (Fsp3) is 0.929. The summed E-state index contributed by atoms with van der Waals surface area (Å²) in [5.41, 5.74) is 0.0728. The molecule has 2 rings (SSSR count). The Labute approximate surface area is 105 Å². The lowest BCUT2D eigenvalue weighted by Gasteiger charge is -2.24. The SMILES string of the molecule is CCC1(C)NC(C)N(C2C(C)(C)C2(C)C)C1=O. The first-order chi connectivity index (χ1) is 7.59. The van der Waals surface area contributed by atoms with E-state index in [-0.39, 0.29) is 28.4 Å². The van der Waals surface area contributed by atoms with Crippen LogP contribution in [-0.2, 0) is 4.79 Å². The Kier molecular flexibility index (Phi) is 2.46. The van der Waals surface area contributed by atoms with Crippen molar-refractivity contribution < 1.29 is 4.79 Å². The zero-order valence-electron chi connectivity index (χ0n) is 12.2. The maximum atomic E-state index is 12.6. The highest BCUT2D eigenvalue weighted by atomic mass is 16.2. The molecule has 3 nitrogen and oxygen atoms in total. The van der Waals surface area contributed by atoms with Gasteiger partial charge in [0.15, 0.2) is 0 Å². The Bertz CT molecular complexity index is 347. The second kappa shape index (κ2) is 3.25. The van der Waals surface area contributed by atoms with Gasteiger partial charge in [-0.05, 0) is 31.1 Å². The van der Waals surface area contributed by atoms with E-state index in [2.05, 4.69) is 51.8 Å². The zero-order valence-corrected chi connectivity index (χ0v) is 12.2. The van der Waals surface area contributed by atoms with Gasteiger partial charge in [-0.3, -0.25) is 10.1 Å². The van der Waals surface area contributed by atoms with Crippen LogP contribution in [0.2, 0.25) is 0 Å². The molecule has 1 saturated carbocycles.